The molecule has 1 atom stereocenters. The van der Waals surface area contributed by atoms with Crippen LogP contribution in [-0.2, 0) is 5.54 Å². The number of rotatable bonds is 6. The van der Waals surface area contributed by atoms with Gasteiger partial charge in [-0.3, -0.25) is 4.90 Å². The third-order valence-electron chi connectivity index (χ3n) is 6.69. The number of anilines is 1. The van der Waals surface area contributed by atoms with Crippen LogP contribution >= 0.6 is 0 Å². The van der Waals surface area contributed by atoms with Crippen molar-refractivity contribution in [2.24, 2.45) is 0 Å². The van der Waals surface area contributed by atoms with Crippen LogP contribution in [0, 0.1) is 13.8 Å². The monoisotopic (exact) mass is 464 g/mol. The second-order valence-corrected chi connectivity index (χ2v) is 9.88. The highest BCUT2D eigenvalue weighted by molar-refractivity contribution is 5.56. The largest absolute Gasteiger partial charge is 0.493 e. The van der Waals surface area contributed by atoms with Crippen LogP contribution in [0.25, 0.3) is 0 Å². The fourth-order valence-electron chi connectivity index (χ4n) is 4.69. The molecule has 0 spiro atoms. The van der Waals surface area contributed by atoms with Crippen molar-refractivity contribution in [2.45, 2.75) is 46.2 Å². The SMILES string of the molecule is COc1ccc(C(c2nnnn2C(C)(C)C)N2CCN(c3cccc(C)c3C)CC2)cc1OC. The van der Waals surface area contributed by atoms with E-state index in [2.05, 4.69) is 84.2 Å². The van der Waals surface area contributed by atoms with Gasteiger partial charge < -0.3 is 14.4 Å². The van der Waals surface area contributed by atoms with Gasteiger partial charge >= 0.3 is 0 Å². The highest BCUT2D eigenvalue weighted by Crippen LogP contribution is 2.36. The Bertz CT molecular complexity index is 1130. The minimum Gasteiger partial charge on any atom is -0.493 e. The van der Waals surface area contributed by atoms with E-state index in [0.29, 0.717) is 11.5 Å². The molecule has 1 aromatic heterocycles. The maximum Gasteiger partial charge on any atom is 0.173 e. The fourth-order valence-corrected chi connectivity index (χ4v) is 4.69. The highest BCUT2D eigenvalue weighted by Gasteiger charge is 2.34. The standard InChI is InChI=1S/C26H36N6O2/c1-18-9-8-10-21(19(18)2)30-13-15-31(16-14-30)24(25-27-28-29-32(25)26(3,4)5)20-11-12-22(33-6)23(17-20)34-7/h8-12,17,24H,13-16H2,1-7H3. The van der Waals surface area contributed by atoms with Crippen molar-refractivity contribution in [3.05, 3.63) is 58.9 Å². The molecule has 2 heterocycles. The first kappa shape index (κ1) is 24.0. The summed E-state index contributed by atoms with van der Waals surface area (Å²) in [6, 6.07) is 12.5. The number of piperazine rings is 1. The zero-order valence-corrected chi connectivity index (χ0v) is 21.4. The lowest BCUT2D eigenvalue weighted by Gasteiger charge is -2.41. The number of methoxy groups -OCH3 is 2. The molecule has 0 aliphatic carbocycles. The molecule has 34 heavy (non-hydrogen) atoms. The number of benzene rings is 2. The Balaban J connectivity index is 1.69. The van der Waals surface area contributed by atoms with Crippen LogP contribution in [0.15, 0.2) is 36.4 Å². The van der Waals surface area contributed by atoms with Crippen LogP contribution < -0.4 is 14.4 Å². The lowest BCUT2D eigenvalue weighted by atomic mass is 10.0. The third kappa shape index (κ3) is 4.59. The number of ether oxygens (including phenoxy) is 2. The van der Waals surface area contributed by atoms with Gasteiger partial charge in [0, 0.05) is 31.9 Å². The summed E-state index contributed by atoms with van der Waals surface area (Å²) in [4.78, 5) is 4.95. The van der Waals surface area contributed by atoms with E-state index < -0.39 is 0 Å². The van der Waals surface area contributed by atoms with Crippen molar-refractivity contribution in [3.8, 4) is 11.5 Å². The van der Waals surface area contributed by atoms with Crippen LogP contribution in [0.3, 0.4) is 0 Å². The van der Waals surface area contributed by atoms with E-state index in [1.807, 2.05) is 16.8 Å². The summed E-state index contributed by atoms with van der Waals surface area (Å²) in [5.74, 6) is 2.24. The second kappa shape index (κ2) is 9.62. The topological polar surface area (TPSA) is 68.5 Å². The van der Waals surface area contributed by atoms with Gasteiger partial charge in [-0.05, 0) is 79.9 Å². The number of hydrogen-bond donors (Lipinski definition) is 0. The number of tetrazole rings is 1. The smallest absolute Gasteiger partial charge is 0.173 e. The molecule has 3 aromatic rings. The summed E-state index contributed by atoms with van der Waals surface area (Å²) >= 11 is 0. The first-order valence-corrected chi connectivity index (χ1v) is 11.8. The van der Waals surface area contributed by atoms with Gasteiger partial charge in [-0.2, -0.15) is 0 Å². The lowest BCUT2D eigenvalue weighted by molar-refractivity contribution is 0.191. The molecule has 2 aromatic carbocycles. The van der Waals surface area contributed by atoms with Crippen molar-refractivity contribution in [2.75, 3.05) is 45.3 Å². The molecule has 182 valence electrons. The molecule has 0 saturated carbocycles. The van der Waals surface area contributed by atoms with Crippen LogP contribution in [0.1, 0.15) is 49.3 Å². The summed E-state index contributed by atoms with van der Waals surface area (Å²) in [7, 11) is 3.32. The maximum absolute atomic E-state index is 5.62. The van der Waals surface area contributed by atoms with Crippen molar-refractivity contribution in [1.82, 2.24) is 25.1 Å². The molecule has 1 unspecified atom stereocenters. The molecular weight excluding hydrogens is 428 g/mol. The highest BCUT2D eigenvalue weighted by atomic mass is 16.5. The average Bonchev–Trinajstić information content (AvgIpc) is 3.31. The zero-order valence-electron chi connectivity index (χ0n) is 21.4. The van der Waals surface area contributed by atoms with Crippen LogP contribution in [0.4, 0.5) is 5.69 Å². The summed E-state index contributed by atoms with van der Waals surface area (Å²) < 4.78 is 13.0. The maximum atomic E-state index is 5.62. The van der Waals surface area contributed by atoms with E-state index >= 15 is 0 Å². The molecule has 0 radical (unpaired) electrons. The summed E-state index contributed by atoms with van der Waals surface area (Å²) in [6.45, 7) is 14.4. The van der Waals surface area contributed by atoms with Gasteiger partial charge in [0.2, 0.25) is 0 Å². The molecule has 1 saturated heterocycles. The zero-order chi connectivity index (χ0) is 24.5. The van der Waals surface area contributed by atoms with Gasteiger partial charge in [-0.1, -0.05) is 18.2 Å². The number of hydrogen-bond acceptors (Lipinski definition) is 7. The van der Waals surface area contributed by atoms with E-state index in [9.17, 15) is 0 Å². The Morgan fingerprint density at radius 2 is 1.62 bits per heavy atom. The van der Waals surface area contributed by atoms with E-state index in [-0.39, 0.29) is 11.6 Å². The Morgan fingerprint density at radius 1 is 0.912 bits per heavy atom. The Labute approximate surface area is 202 Å². The minimum atomic E-state index is -0.242. The number of nitrogens with zero attached hydrogens (tertiary/aromatic N) is 6. The fraction of sp³-hybridized carbons (Fsp3) is 0.500. The van der Waals surface area contributed by atoms with Crippen molar-refractivity contribution in [1.29, 1.82) is 0 Å². The second-order valence-electron chi connectivity index (χ2n) is 9.88. The predicted molar refractivity (Wildman–Crippen MR) is 134 cm³/mol. The lowest BCUT2D eigenvalue weighted by Crippen LogP contribution is -2.49. The van der Waals surface area contributed by atoms with Crippen molar-refractivity contribution >= 4 is 5.69 Å². The van der Waals surface area contributed by atoms with E-state index in [0.717, 1.165) is 37.6 Å². The van der Waals surface area contributed by atoms with Gasteiger partial charge in [0.25, 0.3) is 0 Å². The molecule has 0 amide bonds. The summed E-state index contributed by atoms with van der Waals surface area (Å²) in [5.41, 5.74) is 4.84. The predicted octanol–water partition coefficient (Wildman–Crippen LogP) is 3.97. The van der Waals surface area contributed by atoms with E-state index in [1.165, 1.54) is 16.8 Å². The molecule has 1 aliphatic heterocycles. The molecule has 8 nitrogen and oxygen atoms in total. The molecule has 0 N–H and O–H groups in total. The van der Waals surface area contributed by atoms with E-state index in [4.69, 9.17) is 9.47 Å². The van der Waals surface area contributed by atoms with Gasteiger partial charge in [-0.25, -0.2) is 4.68 Å². The van der Waals surface area contributed by atoms with Gasteiger partial charge in [0.15, 0.2) is 17.3 Å². The Kier molecular flexibility index (Phi) is 6.79. The Hall–Kier alpha value is -3.13. The quantitative estimate of drug-likeness (QED) is 0.547. The molecule has 1 fully saturated rings. The van der Waals surface area contributed by atoms with Gasteiger partial charge in [0.05, 0.1) is 25.8 Å². The molecule has 1 aliphatic rings. The molecular formula is C26H36N6O2. The normalized spacial score (nSPS) is 15.9. The minimum absolute atomic E-state index is 0.102. The average molecular weight is 465 g/mol. The first-order valence-electron chi connectivity index (χ1n) is 11.8. The Morgan fingerprint density at radius 3 is 2.26 bits per heavy atom. The summed E-state index contributed by atoms with van der Waals surface area (Å²) in [5, 5.41) is 12.9. The van der Waals surface area contributed by atoms with E-state index in [1.54, 1.807) is 14.2 Å². The van der Waals surface area contributed by atoms with Gasteiger partial charge in [0.1, 0.15) is 0 Å². The van der Waals surface area contributed by atoms with Gasteiger partial charge in [-0.15, -0.1) is 5.10 Å². The molecule has 0 bridgehead atoms. The third-order valence-corrected chi connectivity index (χ3v) is 6.69. The number of aryl methyl sites for hydroxylation is 1. The first-order chi connectivity index (χ1) is 16.2. The molecule has 4 rings (SSSR count). The van der Waals surface area contributed by atoms with Crippen molar-refractivity contribution < 1.29 is 9.47 Å². The van der Waals surface area contributed by atoms with Crippen LogP contribution in [0.2, 0.25) is 0 Å². The number of aromatic nitrogens is 4. The molecule has 8 heteroatoms. The van der Waals surface area contributed by atoms with Crippen LogP contribution in [0.5, 0.6) is 11.5 Å². The van der Waals surface area contributed by atoms with Crippen LogP contribution in [-0.4, -0.2) is 65.5 Å². The summed E-state index contributed by atoms with van der Waals surface area (Å²) in [6.07, 6.45) is 0. The van der Waals surface area contributed by atoms with Crippen molar-refractivity contribution in [3.63, 3.8) is 0 Å².